The number of halogens is 5. The third-order valence-electron chi connectivity index (χ3n) is 5.49. The molecule has 1 aliphatic heterocycles. The van der Waals surface area contributed by atoms with E-state index in [9.17, 15) is 22.0 Å². The predicted octanol–water partition coefficient (Wildman–Crippen LogP) is 4.13. The maximum atomic E-state index is 14.7. The lowest BCUT2D eigenvalue weighted by atomic mass is 10.0. The molecule has 1 fully saturated rings. The van der Waals surface area contributed by atoms with Crippen molar-refractivity contribution in [2.45, 2.75) is 31.8 Å². The number of anilines is 1. The molecular weight excluding hydrogens is 477 g/mol. The number of alkyl halides is 3. The van der Waals surface area contributed by atoms with Gasteiger partial charge in [0.15, 0.2) is 5.11 Å². The average Bonchev–Trinajstić information content (AvgIpc) is 2.76. The largest absolute Gasteiger partial charge is 0.573 e. The first kappa shape index (κ1) is 25.6. The van der Waals surface area contributed by atoms with E-state index in [0.717, 1.165) is 18.3 Å². The third kappa shape index (κ3) is 7.00. The van der Waals surface area contributed by atoms with Gasteiger partial charge in [-0.3, -0.25) is 10.3 Å². The van der Waals surface area contributed by atoms with Crippen molar-refractivity contribution in [2.75, 3.05) is 25.0 Å². The van der Waals surface area contributed by atoms with Gasteiger partial charge in [0.05, 0.1) is 11.9 Å². The standard InChI is InChI=1S/C22H24F5N5OS/c1-31(13-14-4-2-3-5-20(14)33-22(25,26)27)16-6-8-32(9-7-16)19-11-17(23)15(10-18(19)24)12-29-30-21(28)34/h2-5,10-12,16H,6-9,13H2,1H3,(H3,28,30,34)/b29-12+. The highest BCUT2D eigenvalue weighted by Gasteiger charge is 2.32. The Labute approximate surface area is 199 Å². The molecular formula is C22H24F5N5OS. The van der Waals surface area contributed by atoms with Gasteiger partial charge < -0.3 is 15.4 Å². The highest BCUT2D eigenvalue weighted by atomic mass is 32.1. The second-order valence-corrected chi connectivity index (χ2v) is 8.29. The van der Waals surface area contributed by atoms with Gasteiger partial charge >= 0.3 is 6.36 Å². The fourth-order valence-corrected chi connectivity index (χ4v) is 3.92. The molecule has 2 aromatic rings. The Bertz CT molecular complexity index is 1040. The lowest BCUT2D eigenvalue weighted by Crippen LogP contribution is -2.43. The Morgan fingerprint density at radius 3 is 2.56 bits per heavy atom. The number of hydrogen-bond donors (Lipinski definition) is 2. The van der Waals surface area contributed by atoms with E-state index in [1.54, 1.807) is 17.0 Å². The second kappa shape index (κ2) is 11.0. The number of benzene rings is 2. The predicted molar refractivity (Wildman–Crippen MR) is 124 cm³/mol. The summed E-state index contributed by atoms with van der Waals surface area (Å²) in [6.07, 6.45) is -2.43. The number of ether oxygens (including phenoxy) is 1. The van der Waals surface area contributed by atoms with Gasteiger partial charge in [0, 0.05) is 42.9 Å². The van der Waals surface area contributed by atoms with Crippen molar-refractivity contribution in [2.24, 2.45) is 10.8 Å². The van der Waals surface area contributed by atoms with Gasteiger partial charge in [0.1, 0.15) is 17.4 Å². The van der Waals surface area contributed by atoms with Crippen molar-refractivity contribution in [3.05, 3.63) is 59.2 Å². The molecule has 12 heteroatoms. The minimum absolute atomic E-state index is 0.0561. The van der Waals surface area contributed by atoms with Crippen molar-refractivity contribution in [3.63, 3.8) is 0 Å². The van der Waals surface area contributed by atoms with Crippen LogP contribution >= 0.6 is 12.2 Å². The zero-order chi connectivity index (χ0) is 24.9. The number of nitrogens with zero attached hydrogens (tertiary/aromatic N) is 3. The molecule has 0 aromatic heterocycles. The second-order valence-electron chi connectivity index (χ2n) is 7.85. The van der Waals surface area contributed by atoms with Crippen LogP contribution in [0.3, 0.4) is 0 Å². The smallest absolute Gasteiger partial charge is 0.405 e. The summed E-state index contributed by atoms with van der Waals surface area (Å²) in [7, 11) is 1.82. The summed E-state index contributed by atoms with van der Waals surface area (Å²) in [5.41, 5.74) is 8.01. The fraction of sp³-hybridized carbons (Fsp3) is 0.364. The van der Waals surface area contributed by atoms with Gasteiger partial charge in [-0.1, -0.05) is 18.2 Å². The molecule has 0 unspecified atom stereocenters. The van der Waals surface area contributed by atoms with Gasteiger partial charge in [-0.15, -0.1) is 13.2 Å². The summed E-state index contributed by atoms with van der Waals surface area (Å²) in [6.45, 7) is 1.18. The molecule has 0 aliphatic carbocycles. The zero-order valence-corrected chi connectivity index (χ0v) is 19.1. The quantitative estimate of drug-likeness (QED) is 0.258. The molecule has 34 heavy (non-hydrogen) atoms. The summed E-state index contributed by atoms with van der Waals surface area (Å²) < 4.78 is 71.3. The van der Waals surface area contributed by atoms with Crippen molar-refractivity contribution in [1.29, 1.82) is 0 Å². The van der Waals surface area contributed by atoms with Gasteiger partial charge in [-0.05, 0) is 44.2 Å². The number of nitrogens with one attached hydrogen (secondary N) is 1. The van der Waals surface area contributed by atoms with E-state index in [0.29, 0.717) is 31.5 Å². The molecule has 1 saturated heterocycles. The molecule has 0 spiro atoms. The van der Waals surface area contributed by atoms with Crippen LogP contribution in [0.4, 0.5) is 27.6 Å². The number of nitrogens with two attached hydrogens (primary N) is 1. The van der Waals surface area contributed by atoms with Gasteiger partial charge in [-0.2, -0.15) is 5.10 Å². The first-order chi connectivity index (χ1) is 16.0. The lowest BCUT2D eigenvalue weighted by Gasteiger charge is -2.38. The lowest BCUT2D eigenvalue weighted by molar-refractivity contribution is -0.275. The van der Waals surface area contributed by atoms with Gasteiger partial charge in [0.25, 0.3) is 0 Å². The van der Waals surface area contributed by atoms with Crippen molar-refractivity contribution in [1.82, 2.24) is 10.3 Å². The zero-order valence-electron chi connectivity index (χ0n) is 18.3. The van der Waals surface area contributed by atoms with Gasteiger partial charge in [-0.25, -0.2) is 8.78 Å². The molecule has 2 aromatic carbocycles. The number of para-hydroxylation sites is 1. The van der Waals surface area contributed by atoms with Crippen LogP contribution < -0.4 is 20.8 Å². The van der Waals surface area contributed by atoms with Crippen LogP contribution in [0.15, 0.2) is 41.5 Å². The minimum atomic E-state index is -4.77. The monoisotopic (exact) mass is 501 g/mol. The topological polar surface area (TPSA) is 66.1 Å². The first-order valence-corrected chi connectivity index (χ1v) is 10.8. The van der Waals surface area contributed by atoms with Crippen LogP contribution in [0, 0.1) is 11.6 Å². The number of thiocarbonyl (C=S) groups is 1. The van der Waals surface area contributed by atoms with E-state index in [4.69, 9.17) is 5.73 Å². The van der Waals surface area contributed by atoms with Crippen molar-refractivity contribution < 1.29 is 26.7 Å². The van der Waals surface area contributed by atoms with E-state index >= 15 is 0 Å². The normalized spacial score (nSPS) is 15.2. The van der Waals surface area contributed by atoms with E-state index in [-0.39, 0.29) is 34.7 Å². The molecule has 0 atom stereocenters. The van der Waals surface area contributed by atoms with Crippen LogP contribution in [0.2, 0.25) is 0 Å². The molecule has 3 rings (SSSR count). The van der Waals surface area contributed by atoms with Crippen LogP contribution in [0.5, 0.6) is 5.75 Å². The Kier molecular flexibility index (Phi) is 8.26. The van der Waals surface area contributed by atoms with Crippen LogP contribution in [0.1, 0.15) is 24.0 Å². The summed E-state index contributed by atoms with van der Waals surface area (Å²) in [5.74, 6) is -1.47. The summed E-state index contributed by atoms with van der Waals surface area (Å²) in [5, 5.41) is 3.54. The highest BCUT2D eigenvalue weighted by Crippen LogP contribution is 2.30. The molecule has 0 saturated carbocycles. The van der Waals surface area contributed by atoms with Crippen LogP contribution in [0.25, 0.3) is 0 Å². The maximum Gasteiger partial charge on any atom is 0.573 e. The highest BCUT2D eigenvalue weighted by molar-refractivity contribution is 7.80. The van der Waals surface area contributed by atoms with E-state index in [1.807, 2.05) is 11.9 Å². The van der Waals surface area contributed by atoms with Crippen molar-refractivity contribution >= 4 is 29.2 Å². The molecule has 0 bridgehead atoms. The van der Waals surface area contributed by atoms with Crippen LogP contribution in [-0.4, -0.2) is 48.8 Å². The number of rotatable bonds is 7. The molecule has 0 amide bonds. The molecule has 1 heterocycles. The Morgan fingerprint density at radius 2 is 1.91 bits per heavy atom. The maximum absolute atomic E-state index is 14.7. The fourth-order valence-electron chi connectivity index (χ4n) is 3.86. The minimum Gasteiger partial charge on any atom is -0.405 e. The first-order valence-electron chi connectivity index (χ1n) is 10.4. The van der Waals surface area contributed by atoms with Gasteiger partial charge in [0.2, 0.25) is 0 Å². The summed E-state index contributed by atoms with van der Waals surface area (Å²) in [6, 6.07) is 8.23. The summed E-state index contributed by atoms with van der Waals surface area (Å²) in [4.78, 5) is 3.69. The van der Waals surface area contributed by atoms with E-state index < -0.39 is 18.0 Å². The van der Waals surface area contributed by atoms with Crippen LogP contribution in [-0.2, 0) is 6.54 Å². The molecule has 1 aliphatic rings. The van der Waals surface area contributed by atoms with E-state index in [2.05, 4.69) is 27.5 Å². The number of hydrazone groups is 1. The Morgan fingerprint density at radius 1 is 1.24 bits per heavy atom. The SMILES string of the molecule is CN(Cc1ccccc1OC(F)(F)F)C1CCN(c2cc(F)c(/C=N/NC(N)=S)cc2F)CC1. The number of hydrogen-bond acceptors (Lipinski definition) is 5. The third-order valence-corrected chi connectivity index (χ3v) is 5.58. The average molecular weight is 502 g/mol. The number of piperidine rings is 1. The van der Waals surface area contributed by atoms with E-state index in [1.165, 1.54) is 12.1 Å². The van der Waals surface area contributed by atoms with Crippen molar-refractivity contribution in [3.8, 4) is 5.75 Å². The Hall–Kier alpha value is -2.99. The Balaban J connectivity index is 1.62. The molecule has 0 radical (unpaired) electrons. The molecule has 184 valence electrons. The molecule has 3 N–H and O–H groups in total. The molecule has 6 nitrogen and oxygen atoms in total. The summed E-state index contributed by atoms with van der Waals surface area (Å²) >= 11 is 4.59.